The predicted octanol–water partition coefficient (Wildman–Crippen LogP) is 1.19. The number of benzene rings is 1. The number of ether oxygens (including phenoxy) is 1. The molecule has 0 aliphatic heterocycles. The molecule has 0 spiro atoms. The summed E-state index contributed by atoms with van der Waals surface area (Å²) in [5.41, 5.74) is 7.09. The fraction of sp³-hybridized carbons (Fsp3) is 0.385. The molecule has 0 bridgehead atoms. The van der Waals surface area contributed by atoms with Gasteiger partial charge in [-0.3, -0.25) is 10.1 Å². The quantitative estimate of drug-likeness (QED) is 0.713. The number of imide groups is 1. The van der Waals surface area contributed by atoms with Crippen molar-refractivity contribution in [1.29, 1.82) is 0 Å². The maximum absolute atomic E-state index is 11.7. The second-order valence-electron chi connectivity index (χ2n) is 4.13. The smallest absolute Gasteiger partial charge is 0.321 e. The zero-order valence-corrected chi connectivity index (χ0v) is 11.3. The molecule has 1 aromatic carbocycles. The monoisotopic (exact) mass is 265 g/mol. The molecule has 6 heteroatoms. The number of hydrogen-bond donors (Lipinski definition) is 3. The number of nitrogens with one attached hydrogen (secondary N) is 2. The minimum absolute atomic E-state index is 0.450. The van der Waals surface area contributed by atoms with E-state index in [9.17, 15) is 9.59 Å². The first-order valence-electron chi connectivity index (χ1n) is 6.05. The maximum Gasteiger partial charge on any atom is 0.321 e. The number of nitrogens with two attached hydrogens (primary N) is 1. The Bertz CT molecular complexity index is 474. The van der Waals surface area contributed by atoms with E-state index in [1.54, 1.807) is 32.0 Å². The number of rotatable bonds is 4. The number of urea groups is 1. The fourth-order valence-electron chi connectivity index (χ4n) is 1.47. The molecule has 1 unspecified atom stereocenters. The van der Waals surface area contributed by atoms with Crippen LogP contribution in [0.2, 0.25) is 0 Å². The number of anilines is 1. The van der Waals surface area contributed by atoms with Gasteiger partial charge in [-0.15, -0.1) is 0 Å². The van der Waals surface area contributed by atoms with Crippen LogP contribution in [0.3, 0.4) is 0 Å². The molecule has 1 atom stereocenters. The van der Waals surface area contributed by atoms with Crippen LogP contribution in [0, 0.1) is 6.92 Å². The molecule has 1 rings (SSSR count). The topological polar surface area (TPSA) is 93.5 Å². The Morgan fingerprint density at radius 1 is 1.42 bits per heavy atom. The molecule has 0 saturated carbocycles. The average molecular weight is 265 g/mol. The molecule has 0 aliphatic carbocycles. The predicted molar refractivity (Wildman–Crippen MR) is 72.9 cm³/mol. The van der Waals surface area contributed by atoms with E-state index in [1.165, 1.54) is 0 Å². The van der Waals surface area contributed by atoms with Crippen LogP contribution < -0.4 is 21.1 Å². The van der Waals surface area contributed by atoms with Gasteiger partial charge in [-0.05, 0) is 44.5 Å². The van der Waals surface area contributed by atoms with Crippen LogP contribution >= 0.6 is 0 Å². The molecule has 6 nitrogen and oxygen atoms in total. The van der Waals surface area contributed by atoms with Crippen molar-refractivity contribution in [3.05, 3.63) is 23.8 Å². The molecule has 104 valence electrons. The number of aryl methyl sites for hydroxylation is 1. The van der Waals surface area contributed by atoms with Crippen molar-refractivity contribution in [3.63, 3.8) is 0 Å². The highest BCUT2D eigenvalue weighted by molar-refractivity contribution is 5.96. The first-order chi connectivity index (χ1) is 8.93. The van der Waals surface area contributed by atoms with E-state index < -0.39 is 18.0 Å². The molecule has 0 aromatic heterocycles. The summed E-state index contributed by atoms with van der Waals surface area (Å²) in [5.74, 6) is 0.0647. The van der Waals surface area contributed by atoms with Crippen molar-refractivity contribution in [2.75, 3.05) is 12.3 Å². The molecule has 1 aromatic rings. The molecule has 4 N–H and O–H groups in total. The highest BCUT2D eigenvalue weighted by Crippen LogP contribution is 2.21. The Labute approximate surface area is 112 Å². The molecule has 0 aliphatic rings. The Hall–Kier alpha value is -2.24. The third-order valence-corrected chi connectivity index (χ3v) is 2.45. The van der Waals surface area contributed by atoms with E-state index in [2.05, 4.69) is 10.6 Å². The molecule has 0 heterocycles. The Kier molecular flexibility index (Phi) is 5.17. The summed E-state index contributed by atoms with van der Waals surface area (Å²) < 4.78 is 5.49. The number of hydrogen-bond acceptors (Lipinski definition) is 4. The summed E-state index contributed by atoms with van der Waals surface area (Å²) in [4.78, 5) is 22.9. The van der Waals surface area contributed by atoms with E-state index >= 15 is 0 Å². The summed E-state index contributed by atoms with van der Waals surface area (Å²) in [6, 6.07) is 4.61. The zero-order valence-electron chi connectivity index (χ0n) is 11.3. The third-order valence-electron chi connectivity index (χ3n) is 2.45. The summed E-state index contributed by atoms with van der Waals surface area (Å²) in [7, 11) is 0. The summed E-state index contributed by atoms with van der Waals surface area (Å²) in [5, 5.41) is 4.66. The first-order valence-corrected chi connectivity index (χ1v) is 6.05. The van der Waals surface area contributed by atoms with Crippen molar-refractivity contribution < 1.29 is 14.3 Å². The van der Waals surface area contributed by atoms with Crippen molar-refractivity contribution >= 4 is 17.6 Å². The van der Waals surface area contributed by atoms with Gasteiger partial charge in [-0.2, -0.15) is 0 Å². The highest BCUT2D eigenvalue weighted by Gasteiger charge is 2.17. The van der Waals surface area contributed by atoms with Crippen LogP contribution in [-0.4, -0.2) is 24.6 Å². The van der Waals surface area contributed by atoms with Gasteiger partial charge in [0.05, 0.1) is 0 Å². The Morgan fingerprint density at radius 2 is 2.11 bits per heavy atom. The van der Waals surface area contributed by atoms with Gasteiger partial charge >= 0.3 is 6.03 Å². The van der Waals surface area contributed by atoms with Crippen LogP contribution in [0.1, 0.15) is 19.4 Å². The first kappa shape index (κ1) is 14.8. The van der Waals surface area contributed by atoms with E-state index in [4.69, 9.17) is 10.5 Å². The lowest BCUT2D eigenvalue weighted by atomic mass is 10.2. The molecule has 0 saturated heterocycles. The second kappa shape index (κ2) is 6.63. The van der Waals surface area contributed by atoms with Crippen molar-refractivity contribution in [2.45, 2.75) is 26.9 Å². The summed E-state index contributed by atoms with van der Waals surface area (Å²) in [6.07, 6.45) is -0.773. The van der Waals surface area contributed by atoms with Crippen molar-refractivity contribution in [2.24, 2.45) is 0 Å². The van der Waals surface area contributed by atoms with Gasteiger partial charge in [0.25, 0.3) is 5.91 Å². The van der Waals surface area contributed by atoms with E-state index in [0.29, 0.717) is 18.0 Å². The van der Waals surface area contributed by atoms with Gasteiger partial charge in [-0.25, -0.2) is 4.79 Å². The summed E-state index contributed by atoms with van der Waals surface area (Å²) in [6.45, 7) is 5.62. The van der Waals surface area contributed by atoms with Gasteiger partial charge in [0.1, 0.15) is 5.75 Å². The van der Waals surface area contributed by atoms with Gasteiger partial charge in [0.2, 0.25) is 0 Å². The fourth-order valence-corrected chi connectivity index (χ4v) is 1.47. The normalized spacial score (nSPS) is 11.5. The number of amides is 3. The summed E-state index contributed by atoms with van der Waals surface area (Å²) >= 11 is 0. The largest absolute Gasteiger partial charge is 0.481 e. The van der Waals surface area contributed by atoms with Crippen LogP contribution in [-0.2, 0) is 4.79 Å². The molecular formula is C13H19N3O3. The van der Waals surface area contributed by atoms with E-state index in [0.717, 1.165) is 5.56 Å². The highest BCUT2D eigenvalue weighted by atomic mass is 16.5. The molecule has 0 fully saturated rings. The second-order valence-corrected chi connectivity index (χ2v) is 4.13. The lowest BCUT2D eigenvalue weighted by Gasteiger charge is -2.16. The molecular weight excluding hydrogens is 246 g/mol. The SMILES string of the molecule is CCNC(=O)NC(=O)C(C)Oc1ccc(N)cc1C. The third kappa shape index (κ3) is 4.50. The minimum atomic E-state index is -0.773. The number of nitrogen functional groups attached to an aromatic ring is 1. The van der Waals surface area contributed by atoms with Crippen molar-refractivity contribution in [1.82, 2.24) is 10.6 Å². The molecule has 3 amide bonds. The Morgan fingerprint density at radius 3 is 2.68 bits per heavy atom. The maximum atomic E-state index is 11.7. The van der Waals surface area contributed by atoms with Gasteiger partial charge in [-0.1, -0.05) is 0 Å². The van der Waals surface area contributed by atoms with E-state index in [-0.39, 0.29) is 0 Å². The van der Waals surface area contributed by atoms with Gasteiger partial charge < -0.3 is 15.8 Å². The van der Waals surface area contributed by atoms with E-state index in [1.807, 2.05) is 6.92 Å². The average Bonchev–Trinajstić information content (AvgIpc) is 2.32. The minimum Gasteiger partial charge on any atom is -0.481 e. The van der Waals surface area contributed by atoms with Crippen LogP contribution in [0.4, 0.5) is 10.5 Å². The van der Waals surface area contributed by atoms with Gasteiger partial charge in [0, 0.05) is 12.2 Å². The van der Waals surface area contributed by atoms with Gasteiger partial charge in [0.15, 0.2) is 6.10 Å². The van der Waals surface area contributed by atoms with Crippen LogP contribution in [0.5, 0.6) is 5.75 Å². The standard InChI is InChI=1S/C13H19N3O3/c1-4-15-13(18)16-12(17)9(3)19-11-6-5-10(14)7-8(11)2/h5-7,9H,4,14H2,1-3H3,(H2,15,16,17,18). The Balaban J connectivity index is 2.61. The molecule has 0 radical (unpaired) electrons. The number of carbonyl (C=O) groups is 2. The van der Waals surface area contributed by atoms with Crippen LogP contribution in [0.25, 0.3) is 0 Å². The zero-order chi connectivity index (χ0) is 14.4. The molecule has 19 heavy (non-hydrogen) atoms. The van der Waals surface area contributed by atoms with Crippen LogP contribution in [0.15, 0.2) is 18.2 Å². The number of carbonyl (C=O) groups excluding carboxylic acids is 2. The lowest BCUT2D eigenvalue weighted by molar-refractivity contribution is -0.126. The van der Waals surface area contributed by atoms with Crippen molar-refractivity contribution in [3.8, 4) is 5.75 Å². The lowest BCUT2D eigenvalue weighted by Crippen LogP contribution is -2.45.